The van der Waals surface area contributed by atoms with Crippen LogP contribution < -0.4 is 5.73 Å². The van der Waals surface area contributed by atoms with Gasteiger partial charge in [0.1, 0.15) is 0 Å². The molecule has 55 heavy (non-hydrogen) atoms. The maximum Gasteiger partial charge on any atom is 0.0713 e. The summed E-state index contributed by atoms with van der Waals surface area (Å²) in [4.78, 5) is 0. The number of rotatable bonds is 9. The molecular formula is C54H41N. The summed E-state index contributed by atoms with van der Waals surface area (Å²) in [5.41, 5.74) is 24.1. The summed E-state index contributed by atoms with van der Waals surface area (Å²) >= 11 is 0. The second kappa shape index (κ2) is 14.8. The van der Waals surface area contributed by atoms with E-state index < -0.39 is 0 Å². The fourth-order valence-corrected chi connectivity index (χ4v) is 8.32. The van der Waals surface area contributed by atoms with Gasteiger partial charge in [0, 0.05) is 5.70 Å². The van der Waals surface area contributed by atoms with Crippen LogP contribution in [0.25, 0.3) is 44.7 Å². The maximum absolute atomic E-state index is 6.63. The molecule has 0 saturated heterocycles. The predicted molar refractivity (Wildman–Crippen MR) is 231 cm³/mol. The zero-order valence-corrected chi connectivity index (χ0v) is 30.6. The molecule has 0 aromatic heterocycles. The van der Waals surface area contributed by atoms with Crippen LogP contribution in [-0.2, 0) is 11.8 Å². The van der Waals surface area contributed by atoms with Gasteiger partial charge in [-0.25, -0.2) is 0 Å². The Bertz CT molecular complexity index is 2580. The highest BCUT2D eigenvalue weighted by atomic mass is 14.6. The molecule has 0 unspecified atom stereocenters. The van der Waals surface area contributed by atoms with Crippen molar-refractivity contribution in [1.29, 1.82) is 0 Å². The average Bonchev–Trinajstić information content (AvgIpc) is 3.57. The standard InChI is InChI=1S/C54H41N/c55-53(44-17-7-2-8-18-44)38-46(26-25-39-15-5-1-6-16-39)43-33-29-41(30-34-43)40-27-31-42(32-28-40)45-35-36-52-50(37-45)49-23-13-14-24-51(49)54(52,47-19-9-3-10-20-47)48-21-11-4-12-22-48/h1-24,26-38H,25,55H2/b46-26+,53-38-. The van der Waals surface area contributed by atoms with E-state index in [0.29, 0.717) is 0 Å². The molecule has 1 aliphatic rings. The van der Waals surface area contributed by atoms with E-state index in [1.54, 1.807) is 0 Å². The number of benzene rings is 8. The van der Waals surface area contributed by atoms with Crippen LogP contribution in [0.15, 0.2) is 224 Å². The van der Waals surface area contributed by atoms with Crippen LogP contribution in [0.3, 0.4) is 0 Å². The summed E-state index contributed by atoms with van der Waals surface area (Å²) in [6.45, 7) is 0. The smallest absolute Gasteiger partial charge is 0.0713 e. The second-order valence-electron chi connectivity index (χ2n) is 14.3. The molecule has 8 aromatic rings. The van der Waals surface area contributed by atoms with Crippen LogP contribution in [0.5, 0.6) is 0 Å². The first kappa shape index (κ1) is 33.8. The lowest BCUT2D eigenvalue weighted by Crippen LogP contribution is -2.28. The third-order valence-electron chi connectivity index (χ3n) is 11.0. The van der Waals surface area contributed by atoms with Gasteiger partial charge in [-0.05, 0) is 96.5 Å². The fraction of sp³-hybridized carbons (Fsp3) is 0.0370. The van der Waals surface area contributed by atoms with Gasteiger partial charge in [0.25, 0.3) is 0 Å². The lowest BCUT2D eigenvalue weighted by Gasteiger charge is -2.33. The van der Waals surface area contributed by atoms with Gasteiger partial charge in [-0.1, -0.05) is 212 Å². The molecule has 0 atom stereocenters. The Hall–Kier alpha value is -6.96. The van der Waals surface area contributed by atoms with Crippen molar-refractivity contribution in [3.63, 3.8) is 0 Å². The molecule has 262 valence electrons. The highest BCUT2D eigenvalue weighted by Gasteiger charge is 2.45. The molecule has 9 rings (SSSR count). The van der Waals surface area contributed by atoms with E-state index >= 15 is 0 Å². The van der Waals surface area contributed by atoms with E-state index in [0.717, 1.165) is 28.8 Å². The largest absolute Gasteiger partial charge is 0.398 e. The third-order valence-corrected chi connectivity index (χ3v) is 11.0. The van der Waals surface area contributed by atoms with Crippen LogP contribution in [-0.4, -0.2) is 0 Å². The number of hydrogen-bond acceptors (Lipinski definition) is 1. The number of nitrogens with two attached hydrogens (primary N) is 1. The van der Waals surface area contributed by atoms with Crippen LogP contribution in [0.1, 0.15) is 38.9 Å². The lowest BCUT2D eigenvalue weighted by molar-refractivity contribution is 0.768. The van der Waals surface area contributed by atoms with Crippen LogP contribution in [0, 0.1) is 0 Å². The monoisotopic (exact) mass is 703 g/mol. The molecule has 0 radical (unpaired) electrons. The summed E-state index contributed by atoms with van der Waals surface area (Å²) in [6.07, 6.45) is 5.19. The number of fused-ring (bicyclic) bond motifs is 3. The average molecular weight is 704 g/mol. The zero-order valence-electron chi connectivity index (χ0n) is 30.6. The molecule has 1 heteroatoms. The molecule has 1 aliphatic carbocycles. The highest BCUT2D eigenvalue weighted by molar-refractivity contribution is 5.89. The van der Waals surface area contributed by atoms with Gasteiger partial charge in [-0.15, -0.1) is 0 Å². The summed E-state index contributed by atoms with van der Waals surface area (Å²) in [6, 6.07) is 76.5. The summed E-state index contributed by atoms with van der Waals surface area (Å²) in [7, 11) is 0. The number of hydrogen-bond donors (Lipinski definition) is 1. The van der Waals surface area contributed by atoms with E-state index in [1.807, 2.05) is 18.2 Å². The van der Waals surface area contributed by atoms with Crippen LogP contribution >= 0.6 is 0 Å². The Morgan fingerprint density at radius 2 is 0.891 bits per heavy atom. The van der Waals surface area contributed by atoms with Crippen molar-refractivity contribution in [2.45, 2.75) is 11.8 Å². The second-order valence-corrected chi connectivity index (χ2v) is 14.3. The molecule has 0 aliphatic heterocycles. The summed E-state index contributed by atoms with van der Waals surface area (Å²) < 4.78 is 0. The maximum atomic E-state index is 6.63. The lowest BCUT2D eigenvalue weighted by atomic mass is 9.67. The fourth-order valence-electron chi connectivity index (χ4n) is 8.32. The van der Waals surface area contributed by atoms with Crippen LogP contribution in [0.4, 0.5) is 0 Å². The molecule has 0 amide bonds. The molecule has 0 saturated carbocycles. The molecular weight excluding hydrogens is 663 g/mol. The third kappa shape index (κ3) is 6.41. The van der Waals surface area contributed by atoms with Gasteiger partial charge in [0.2, 0.25) is 0 Å². The molecule has 0 heterocycles. The molecule has 8 aromatic carbocycles. The van der Waals surface area contributed by atoms with Gasteiger partial charge in [-0.2, -0.15) is 0 Å². The minimum atomic E-state index is -0.386. The highest BCUT2D eigenvalue weighted by Crippen LogP contribution is 2.56. The van der Waals surface area contributed by atoms with Crippen LogP contribution in [0.2, 0.25) is 0 Å². The zero-order chi connectivity index (χ0) is 37.0. The minimum absolute atomic E-state index is 0.386. The van der Waals surface area contributed by atoms with Gasteiger partial charge in [0.05, 0.1) is 5.41 Å². The van der Waals surface area contributed by atoms with Gasteiger partial charge in [-0.3, -0.25) is 0 Å². The van der Waals surface area contributed by atoms with Crippen molar-refractivity contribution < 1.29 is 0 Å². The SMILES string of the molecule is N/C(=C\C(=C/Cc1ccccc1)c1ccc(-c2ccc(-c3ccc4c(c3)-c3ccccc3C4(c3ccccc3)c3ccccc3)cc2)cc1)c1ccccc1. The molecule has 2 N–H and O–H groups in total. The van der Waals surface area contributed by atoms with Crippen molar-refractivity contribution in [1.82, 2.24) is 0 Å². The molecule has 0 spiro atoms. The topological polar surface area (TPSA) is 26.0 Å². The number of allylic oxidation sites excluding steroid dienone is 3. The van der Waals surface area contributed by atoms with Crippen molar-refractivity contribution in [2.24, 2.45) is 5.73 Å². The van der Waals surface area contributed by atoms with Gasteiger partial charge >= 0.3 is 0 Å². The molecule has 1 nitrogen and oxygen atoms in total. The van der Waals surface area contributed by atoms with Crippen molar-refractivity contribution >= 4 is 11.3 Å². The Morgan fingerprint density at radius 1 is 0.418 bits per heavy atom. The van der Waals surface area contributed by atoms with E-state index in [9.17, 15) is 0 Å². The van der Waals surface area contributed by atoms with E-state index in [1.165, 1.54) is 61.2 Å². The Morgan fingerprint density at radius 3 is 1.51 bits per heavy atom. The van der Waals surface area contributed by atoms with Crippen molar-refractivity contribution in [3.8, 4) is 33.4 Å². The van der Waals surface area contributed by atoms with E-state index in [2.05, 4.69) is 206 Å². The Balaban J connectivity index is 1.03. The first-order valence-electron chi connectivity index (χ1n) is 19.0. The molecule has 0 bridgehead atoms. The first-order valence-corrected chi connectivity index (χ1v) is 19.0. The van der Waals surface area contributed by atoms with E-state index in [4.69, 9.17) is 5.73 Å². The summed E-state index contributed by atoms with van der Waals surface area (Å²) in [5, 5.41) is 0. The minimum Gasteiger partial charge on any atom is -0.398 e. The molecule has 0 fully saturated rings. The van der Waals surface area contributed by atoms with E-state index in [-0.39, 0.29) is 5.41 Å². The Labute approximate surface area is 324 Å². The quantitative estimate of drug-likeness (QED) is 0.149. The van der Waals surface area contributed by atoms with Gasteiger partial charge in [0.15, 0.2) is 0 Å². The Kier molecular flexibility index (Phi) is 9.12. The van der Waals surface area contributed by atoms with Crippen molar-refractivity contribution in [3.05, 3.63) is 263 Å². The van der Waals surface area contributed by atoms with Gasteiger partial charge < -0.3 is 5.73 Å². The first-order chi connectivity index (χ1) is 27.2. The normalized spacial score (nSPS) is 13.2. The van der Waals surface area contributed by atoms with Crippen molar-refractivity contribution in [2.75, 3.05) is 0 Å². The predicted octanol–water partition coefficient (Wildman–Crippen LogP) is 13.0. The summed E-state index contributed by atoms with van der Waals surface area (Å²) in [5.74, 6) is 0.